The number of aryl methyl sites for hydroxylation is 1. The van der Waals surface area contributed by atoms with Gasteiger partial charge >= 0.3 is 0 Å². The molecular weight excluding hydrogens is 444 g/mol. The molecule has 8 heteroatoms. The lowest BCUT2D eigenvalue weighted by atomic mass is 10.2. The highest BCUT2D eigenvalue weighted by atomic mass is 32.1. The minimum Gasteiger partial charge on any atom is -0.435 e. The van der Waals surface area contributed by atoms with Gasteiger partial charge in [0, 0.05) is 12.1 Å². The van der Waals surface area contributed by atoms with Gasteiger partial charge in [0.15, 0.2) is 11.6 Å². The predicted octanol–water partition coefficient (Wildman–Crippen LogP) is 6.36. The van der Waals surface area contributed by atoms with Crippen molar-refractivity contribution in [2.75, 3.05) is 0 Å². The van der Waals surface area contributed by atoms with Crippen LogP contribution in [0.5, 0.6) is 11.6 Å². The van der Waals surface area contributed by atoms with Gasteiger partial charge in [-0.25, -0.2) is 13.5 Å². The molecule has 0 aliphatic carbocycles. The van der Waals surface area contributed by atoms with Gasteiger partial charge < -0.3 is 9.64 Å². The number of benzene rings is 2. The lowest BCUT2D eigenvalue weighted by molar-refractivity contribution is 0.0694. The number of carbonyl (C=O) groups is 1. The summed E-state index contributed by atoms with van der Waals surface area (Å²) in [7, 11) is 0. The number of halogens is 2. The van der Waals surface area contributed by atoms with Crippen LogP contribution < -0.4 is 4.74 Å². The number of carbonyl (C=O) groups excluding carboxylic acids is 1. The van der Waals surface area contributed by atoms with Crippen LogP contribution in [0.1, 0.15) is 34.8 Å². The van der Waals surface area contributed by atoms with Gasteiger partial charge in [-0.05, 0) is 56.5 Å². The Morgan fingerprint density at radius 3 is 2.52 bits per heavy atom. The number of hydrogen-bond acceptors (Lipinski definition) is 4. The third-order valence-electron chi connectivity index (χ3n) is 5.18. The maximum atomic E-state index is 14.5. The number of aromatic nitrogens is 2. The van der Waals surface area contributed by atoms with Crippen LogP contribution in [0, 0.1) is 18.6 Å². The van der Waals surface area contributed by atoms with E-state index in [1.807, 2.05) is 62.5 Å². The van der Waals surface area contributed by atoms with Crippen LogP contribution in [-0.4, -0.2) is 26.6 Å². The van der Waals surface area contributed by atoms with E-state index in [4.69, 9.17) is 4.74 Å². The zero-order chi connectivity index (χ0) is 23.5. The SMILES string of the molecule is Cc1nn(-c2ccccc2)c(Oc2ccc(F)cc2F)c1CN(C(=O)c1cccs1)C(C)C. The number of rotatable bonds is 7. The van der Waals surface area contributed by atoms with Crippen LogP contribution in [-0.2, 0) is 6.54 Å². The number of amides is 1. The minimum absolute atomic E-state index is 0.102. The molecule has 2 heterocycles. The van der Waals surface area contributed by atoms with Gasteiger partial charge in [-0.2, -0.15) is 5.10 Å². The van der Waals surface area contributed by atoms with E-state index >= 15 is 0 Å². The number of thiophene rings is 1. The maximum Gasteiger partial charge on any atom is 0.264 e. The molecule has 2 aromatic heterocycles. The van der Waals surface area contributed by atoms with Gasteiger partial charge in [-0.15, -0.1) is 11.3 Å². The fourth-order valence-electron chi connectivity index (χ4n) is 3.43. The van der Waals surface area contributed by atoms with Gasteiger partial charge in [0.25, 0.3) is 5.91 Å². The highest BCUT2D eigenvalue weighted by molar-refractivity contribution is 7.12. The Labute approximate surface area is 194 Å². The van der Waals surface area contributed by atoms with Crippen molar-refractivity contribution in [2.45, 2.75) is 33.4 Å². The molecule has 0 saturated heterocycles. The van der Waals surface area contributed by atoms with Crippen molar-refractivity contribution in [1.29, 1.82) is 0 Å². The Morgan fingerprint density at radius 1 is 1.12 bits per heavy atom. The molecule has 0 unspecified atom stereocenters. The molecule has 0 bridgehead atoms. The fraction of sp³-hybridized carbons (Fsp3) is 0.200. The highest BCUT2D eigenvalue weighted by Crippen LogP contribution is 2.33. The van der Waals surface area contributed by atoms with Gasteiger partial charge in [0.05, 0.1) is 28.4 Å². The first-order chi connectivity index (χ1) is 15.8. The van der Waals surface area contributed by atoms with E-state index in [0.29, 0.717) is 21.8 Å². The van der Waals surface area contributed by atoms with Crippen molar-refractivity contribution in [1.82, 2.24) is 14.7 Å². The normalized spacial score (nSPS) is 11.1. The summed E-state index contributed by atoms with van der Waals surface area (Å²) in [4.78, 5) is 15.5. The number of ether oxygens (including phenoxy) is 1. The molecular formula is C25H23F2N3O2S. The van der Waals surface area contributed by atoms with Crippen molar-refractivity contribution >= 4 is 17.2 Å². The highest BCUT2D eigenvalue weighted by Gasteiger charge is 2.26. The average Bonchev–Trinajstić information content (AvgIpc) is 3.43. The predicted molar refractivity (Wildman–Crippen MR) is 124 cm³/mol. The molecule has 2 aromatic carbocycles. The zero-order valence-electron chi connectivity index (χ0n) is 18.5. The largest absolute Gasteiger partial charge is 0.435 e. The summed E-state index contributed by atoms with van der Waals surface area (Å²) in [5.74, 6) is -1.48. The molecule has 5 nitrogen and oxygen atoms in total. The molecule has 170 valence electrons. The van der Waals surface area contributed by atoms with E-state index in [1.54, 1.807) is 15.6 Å². The van der Waals surface area contributed by atoms with E-state index in [1.165, 1.54) is 17.4 Å². The molecule has 4 aromatic rings. The van der Waals surface area contributed by atoms with Crippen LogP contribution >= 0.6 is 11.3 Å². The monoisotopic (exact) mass is 467 g/mol. The second kappa shape index (κ2) is 9.54. The molecule has 1 amide bonds. The summed E-state index contributed by atoms with van der Waals surface area (Å²) in [6.07, 6.45) is 0. The van der Waals surface area contributed by atoms with Gasteiger partial charge in [0.2, 0.25) is 5.88 Å². The van der Waals surface area contributed by atoms with E-state index in [2.05, 4.69) is 5.10 Å². The molecule has 33 heavy (non-hydrogen) atoms. The first kappa shape index (κ1) is 22.7. The maximum absolute atomic E-state index is 14.5. The lowest BCUT2D eigenvalue weighted by Crippen LogP contribution is -2.36. The van der Waals surface area contributed by atoms with Crippen LogP contribution in [0.15, 0.2) is 66.0 Å². The minimum atomic E-state index is -0.824. The summed E-state index contributed by atoms with van der Waals surface area (Å²) in [5, 5.41) is 6.48. The van der Waals surface area contributed by atoms with Crippen molar-refractivity contribution in [3.8, 4) is 17.3 Å². The molecule has 0 N–H and O–H groups in total. The van der Waals surface area contributed by atoms with E-state index in [0.717, 1.165) is 12.1 Å². The number of hydrogen-bond donors (Lipinski definition) is 0. The number of nitrogens with zero attached hydrogens (tertiary/aromatic N) is 3. The summed E-state index contributed by atoms with van der Waals surface area (Å²) in [5.41, 5.74) is 1.99. The van der Waals surface area contributed by atoms with Crippen molar-refractivity contribution in [2.24, 2.45) is 0 Å². The smallest absolute Gasteiger partial charge is 0.264 e. The first-order valence-corrected chi connectivity index (χ1v) is 11.3. The van der Waals surface area contributed by atoms with Gasteiger partial charge in [0.1, 0.15) is 5.82 Å². The van der Waals surface area contributed by atoms with Crippen LogP contribution in [0.25, 0.3) is 5.69 Å². The van der Waals surface area contributed by atoms with Crippen LogP contribution in [0.3, 0.4) is 0 Å². The molecule has 0 aliphatic heterocycles. The molecule has 0 spiro atoms. The number of para-hydroxylation sites is 1. The Balaban J connectivity index is 1.79. The van der Waals surface area contributed by atoms with E-state index in [9.17, 15) is 13.6 Å². The second-order valence-electron chi connectivity index (χ2n) is 7.80. The molecule has 0 aliphatic rings. The first-order valence-electron chi connectivity index (χ1n) is 10.5. The Morgan fingerprint density at radius 2 is 1.88 bits per heavy atom. The summed E-state index contributed by atoms with van der Waals surface area (Å²) < 4.78 is 35.4. The van der Waals surface area contributed by atoms with Crippen molar-refractivity contribution < 1.29 is 18.3 Å². The Hall–Kier alpha value is -3.52. The average molecular weight is 468 g/mol. The van der Waals surface area contributed by atoms with Gasteiger partial charge in [-0.1, -0.05) is 24.3 Å². The Kier molecular flexibility index (Phi) is 6.55. The quantitative estimate of drug-likeness (QED) is 0.318. The molecule has 0 atom stereocenters. The summed E-state index contributed by atoms with van der Waals surface area (Å²) >= 11 is 1.38. The third-order valence-corrected chi connectivity index (χ3v) is 6.04. The summed E-state index contributed by atoms with van der Waals surface area (Å²) in [6.45, 7) is 5.90. The fourth-order valence-corrected chi connectivity index (χ4v) is 4.11. The molecule has 0 fully saturated rings. The molecule has 0 saturated carbocycles. The van der Waals surface area contributed by atoms with Gasteiger partial charge in [-0.3, -0.25) is 4.79 Å². The topological polar surface area (TPSA) is 47.4 Å². The summed E-state index contributed by atoms with van der Waals surface area (Å²) in [6, 6.07) is 15.9. The Bertz CT molecular complexity index is 1250. The molecule has 0 radical (unpaired) electrons. The van der Waals surface area contributed by atoms with Crippen LogP contribution in [0.2, 0.25) is 0 Å². The van der Waals surface area contributed by atoms with Crippen molar-refractivity contribution in [3.63, 3.8) is 0 Å². The van der Waals surface area contributed by atoms with Crippen LogP contribution in [0.4, 0.5) is 8.78 Å². The van der Waals surface area contributed by atoms with E-state index in [-0.39, 0.29) is 30.1 Å². The zero-order valence-corrected chi connectivity index (χ0v) is 19.3. The van der Waals surface area contributed by atoms with Crippen molar-refractivity contribution in [3.05, 3.63) is 93.8 Å². The van der Waals surface area contributed by atoms with E-state index < -0.39 is 11.6 Å². The standard InChI is InChI=1S/C25H23F2N3O2S/c1-16(2)29(24(31)23-10-7-13-33-23)15-20-17(3)28-30(19-8-5-4-6-9-19)25(20)32-22-12-11-18(26)14-21(22)27/h4-14,16H,15H2,1-3H3. The lowest BCUT2D eigenvalue weighted by Gasteiger charge is -2.26. The second-order valence-corrected chi connectivity index (χ2v) is 8.75. The third kappa shape index (κ3) is 4.80. The molecule has 4 rings (SSSR count).